The summed E-state index contributed by atoms with van der Waals surface area (Å²) in [4.78, 5) is 7.70. The van der Waals surface area contributed by atoms with Crippen LogP contribution in [-0.4, -0.2) is 14.5 Å². The van der Waals surface area contributed by atoms with E-state index >= 15 is 0 Å². The quantitative estimate of drug-likeness (QED) is 0.714. The molecule has 0 saturated carbocycles. The number of aryl methyl sites for hydroxylation is 2. The minimum absolute atomic E-state index is 0.952. The molecule has 3 heteroatoms. The van der Waals surface area contributed by atoms with Gasteiger partial charge in [-0.05, 0) is 30.2 Å². The molecule has 0 aliphatic carbocycles. The van der Waals surface area contributed by atoms with Gasteiger partial charge >= 0.3 is 0 Å². The van der Waals surface area contributed by atoms with E-state index in [1.54, 1.807) is 0 Å². The first-order chi connectivity index (χ1) is 8.28. The molecule has 0 saturated heterocycles. The van der Waals surface area contributed by atoms with E-state index in [9.17, 15) is 0 Å². The number of hydrogen-bond acceptors (Lipinski definition) is 1. The molecule has 0 radical (unpaired) electrons. The molecule has 0 spiro atoms. The van der Waals surface area contributed by atoms with Crippen molar-refractivity contribution in [2.45, 2.75) is 13.3 Å². The molecule has 0 amide bonds. The van der Waals surface area contributed by atoms with Gasteiger partial charge in [0.2, 0.25) is 0 Å². The lowest BCUT2D eigenvalue weighted by Gasteiger charge is -1.96. The van der Waals surface area contributed by atoms with Crippen molar-refractivity contribution in [3.05, 3.63) is 42.4 Å². The topological polar surface area (TPSA) is 33.6 Å². The van der Waals surface area contributed by atoms with Crippen LogP contribution in [0.5, 0.6) is 0 Å². The Morgan fingerprint density at radius 1 is 1.35 bits per heavy atom. The van der Waals surface area contributed by atoms with Crippen LogP contribution < -0.4 is 0 Å². The van der Waals surface area contributed by atoms with E-state index in [0.29, 0.717) is 0 Å². The van der Waals surface area contributed by atoms with Gasteiger partial charge in [0, 0.05) is 42.3 Å². The highest BCUT2D eigenvalue weighted by atomic mass is 14.9. The molecule has 3 nitrogen and oxygen atoms in total. The summed E-state index contributed by atoms with van der Waals surface area (Å²) in [5, 5.41) is 1.16. The minimum atomic E-state index is 0.952. The molecule has 17 heavy (non-hydrogen) atoms. The zero-order chi connectivity index (χ0) is 11.8. The third-order valence-electron chi connectivity index (χ3n) is 3.10. The molecule has 3 heterocycles. The van der Waals surface area contributed by atoms with Crippen LogP contribution in [0.2, 0.25) is 0 Å². The Kier molecular flexibility index (Phi) is 2.25. The second-order valence-corrected chi connectivity index (χ2v) is 4.34. The van der Waals surface area contributed by atoms with Gasteiger partial charge in [-0.2, -0.15) is 0 Å². The lowest BCUT2D eigenvalue weighted by molar-refractivity contribution is 0.919. The lowest BCUT2D eigenvalue weighted by Crippen LogP contribution is -1.81. The van der Waals surface area contributed by atoms with Crippen LogP contribution in [0.1, 0.15) is 12.5 Å². The van der Waals surface area contributed by atoms with E-state index in [2.05, 4.69) is 53.0 Å². The molecule has 0 unspecified atom stereocenters. The van der Waals surface area contributed by atoms with Crippen molar-refractivity contribution >= 4 is 11.0 Å². The largest absolute Gasteiger partial charge is 0.356 e. The van der Waals surface area contributed by atoms with Crippen molar-refractivity contribution in [3.8, 4) is 11.3 Å². The summed E-state index contributed by atoms with van der Waals surface area (Å²) >= 11 is 0. The Morgan fingerprint density at radius 2 is 2.24 bits per heavy atom. The Morgan fingerprint density at radius 3 is 3.00 bits per heavy atom. The molecule has 0 atom stereocenters. The Balaban J connectivity index is 2.19. The Labute approximate surface area is 100 Å². The molecule has 0 aliphatic heterocycles. The van der Waals surface area contributed by atoms with Crippen molar-refractivity contribution in [3.63, 3.8) is 0 Å². The number of aromatic nitrogens is 3. The number of hydrogen-bond donors (Lipinski definition) is 1. The van der Waals surface area contributed by atoms with Crippen LogP contribution in [-0.2, 0) is 13.5 Å². The predicted octanol–water partition coefficient (Wildman–Crippen LogP) is 3.13. The van der Waals surface area contributed by atoms with Crippen LogP contribution in [0.4, 0.5) is 0 Å². The van der Waals surface area contributed by atoms with Gasteiger partial charge in [0.1, 0.15) is 5.65 Å². The van der Waals surface area contributed by atoms with E-state index in [4.69, 9.17) is 0 Å². The fraction of sp³-hybridized carbons (Fsp3) is 0.214. The van der Waals surface area contributed by atoms with E-state index in [1.807, 2.05) is 12.3 Å². The minimum Gasteiger partial charge on any atom is -0.356 e. The van der Waals surface area contributed by atoms with Gasteiger partial charge in [-0.1, -0.05) is 6.92 Å². The second-order valence-electron chi connectivity index (χ2n) is 4.34. The molecule has 1 N–H and O–H groups in total. The summed E-state index contributed by atoms with van der Waals surface area (Å²) in [6.45, 7) is 2.18. The molecule has 86 valence electrons. The smallest absolute Gasteiger partial charge is 0.137 e. The fourth-order valence-corrected chi connectivity index (χ4v) is 2.27. The van der Waals surface area contributed by atoms with Crippen LogP contribution in [0.25, 0.3) is 22.3 Å². The Hall–Kier alpha value is -2.03. The number of aromatic amines is 1. The third-order valence-corrected chi connectivity index (χ3v) is 3.10. The highest BCUT2D eigenvalue weighted by molar-refractivity contribution is 5.83. The molecule has 0 aliphatic rings. The van der Waals surface area contributed by atoms with Crippen molar-refractivity contribution in [1.82, 2.24) is 14.5 Å². The number of pyridine rings is 1. The number of fused-ring (bicyclic) bond motifs is 1. The van der Waals surface area contributed by atoms with Gasteiger partial charge in [0.05, 0.1) is 0 Å². The predicted molar refractivity (Wildman–Crippen MR) is 69.9 cm³/mol. The van der Waals surface area contributed by atoms with E-state index in [1.165, 1.54) is 11.1 Å². The lowest BCUT2D eigenvalue weighted by atomic mass is 10.1. The van der Waals surface area contributed by atoms with Crippen LogP contribution >= 0.6 is 0 Å². The van der Waals surface area contributed by atoms with Gasteiger partial charge in [-0.3, -0.25) is 0 Å². The summed E-state index contributed by atoms with van der Waals surface area (Å²) in [5.41, 5.74) is 4.73. The number of nitrogens with one attached hydrogen (secondary N) is 1. The standard InChI is InChI=1S/C14H15N3/c1-3-10-8-17(2)9-12(10)13-7-11-5-4-6-15-14(11)16-13/h4-9H,3H2,1-2H3,(H,15,16). The van der Waals surface area contributed by atoms with Gasteiger partial charge in [-0.25, -0.2) is 4.98 Å². The third kappa shape index (κ3) is 1.64. The molecule has 0 aromatic carbocycles. The van der Waals surface area contributed by atoms with E-state index in [0.717, 1.165) is 23.1 Å². The molecule has 3 rings (SSSR count). The molecule has 3 aromatic rings. The molecular formula is C14H15N3. The normalized spacial score (nSPS) is 11.2. The first kappa shape index (κ1) is 10.1. The van der Waals surface area contributed by atoms with Gasteiger partial charge in [-0.15, -0.1) is 0 Å². The highest BCUT2D eigenvalue weighted by Gasteiger charge is 2.09. The average Bonchev–Trinajstić information content (AvgIpc) is 2.91. The van der Waals surface area contributed by atoms with Gasteiger partial charge < -0.3 is 9.55 Å². The van der Waals surface area contributed by atoms with Crippen LogP contribution in [0.3, 0.4) is 0 Å². The molecule has 0 fully saturated rings. The summed E-state index contributed by atoms with van der Waals surface area (Å²) in [6.07, 6.45) is 7.19. The number of H-pyrrole nitrogens is 1. The van der Waals surface area contributed by atoms with Crippen LogP contribution in [0, 0.1) is 0 Å². The second kappa shape index (κ2) is 3.77. The summed E-state index contributed by atoms with van der Waals surface area (Å²) in [6, 6.07) is 6.21. The van der Waals surface area contributed by atoms with E-state index < -0.39 is 0 Å². The SMILES string of the molecule is CCc1cn(C)cc1-c1cc2cccnc2[nH]1. The first-order valence-electron chi connectivity index (χ1n) is 5.87. The van der Waals surface area contributed by atoms with Gasteiger partial charge in [0.25, 0.3) is 0 Å². The van der Waals surface area contributed by atoms with Crippen LogP contribution in [0.15, 0.2) is 36.8 Å². The number of nitrogens with zero attached hydrogens (tertiary/aromatic N) is 2. The van der Waals surface area contributed by atoms with Crippen molar-refractivity contribution < 1.29 is 0 Å². The maximum Gasteiger partial charge on any atom is 0.137 e. The molecular weight excluding hydrogens is 210 g/mol. The zero-order valence-electron chi connectivity index (χ0n) is 10.1. The molecule has 3 aromatic heterocycles. The highest BCUT2D eigenvalue weighted by Crippen LogP contribution is 2.26. The number of rotatable bonds is 2. The van der Waals surface area contributed by atoms with E-state index in [-0.39, 0.29) is 0 Å². The fourth-order valence-electron chi connectivity index (χ4n) is 2.27. The summed E-state index contributed by atoms with van der Waals surface area (Å²) in [7, 11) is 2.06. The summed E-state index contributed by atoms with van der Waals surface area (Å²) < 4.78 is 2.10. The zero-order valence-corrected chi connectivity index (χ0v) is 10.1. The maximum absolute atomic E-state index is 4.33. The monoisotopic (exact) mass is 225 g/mol. The average molecular weight is 225 g/mol. The maximum atomic E-state index is 4.33. The summed E-state index contributed by atoms with van der Waals surface area (Å²) in [5.74, 6) is 0. The van der Waals surface area contributed by atoms with Gasteiger partial charge in [0.15, 0.2) is 0 Å². The van der Waals surface area contributed by atoms with Crippen molar-refractivity contribution in [2.24, 2.45) is 7.05 Å². The molecule has 0 bridgehead atoms. The van der Waals surface area contributed by atoms with Crippen molar-refractivity contribution in [2.75, 3.05) is 0 Å². The van der Waals surface area contributed by atoms with Crippen molar-refractivity contribution in [1.29, 1.82) is 0 Å². The Bertz CT molecular complexity index is 628. The first-order valence-corrected chi connectivity index (χ1v) is 5.87.